The summed E-state index contributed by atoms with van der Waals surface area (Å²) in [5.74, 6) is 6.56. The lowest BCUT2D eigenvalue weighted by Crippen LogP contribution is -2.29. The first-order valence-corrected chi connectivity index (χ1v) is 7.72. The summed E-state index contributed by atoms with van der Waals surface area (Å²) in [5, 5.41) is 0. The van der Waals surface area contributed by atoms with Crippen LogP contribution in [0.15, 0.2) is 36.4 Å². The molecule has 2 aromatic rings. The molecule has 1 atom stereocenters. The number of nitrogens with two attached hydrogens (primary N) is 1. The standard InChI is InChI=1S/C16H20N2S/c1-11-9-10-15(19-11)16(18-17)14-8-3-2-7-13(14)12-5-4-6-12/h2-3,7-10,12,16,18H,4-6,17H2,1H3. The third kappa shape index (κ3) is 2.46. The molecule has 1 fully saturated rings. The van der Waals surface area contributed by atoms with Gasteiger partial charge < -0.3 is 0 Å². The van der Waals surface area contributed by atoms with Crippen molar-refractivity contribution in [2.75, 3.05) is 0 Å². The van der Waals surface area contributed by atoms with E-state index in [1.54, 1.807) is 0 Å². The summed E-state index contributed by atoms with van der Waals surface area (Å²) >= 11 is 1.82. The summed E-state index contributed by atoms with van der Waals surface area (Å²) in [4.78, 5) is 2.63. The Bertz CT molecular complexity index is 557. The maximum atomic E-state index is 5.83. The van der Waals surface area contributed by atoms with Gasteiger partial charge in [0.15, 0.2) is 0 Å². The van der Waals surface area contributed by atoms with Gasteiger partial charge in [0.25, 0.3) is 0 Å². The highest BCUT2D eigenvalue weighted by Gasteiger charge is 2.25. The van der Waals surface area contributed by atoms with Crippen molar-refractivity contribution >= 4 is 11.3 Å². The normalized spacial score (nSPS) is 17.2. The van der Waals surface area contributed by atoms with Crippen LogP contribution in [-0.2, 0) is 0 Å². The van der Waals surface area contributed by atoms with Crippen molar-refractivity contribution in [3.05, 3.63) is 57.3 Å². The van der Waals surface area contributed by atoms with Crippen molar-refractivity contribution < 1.29 is 0 Å². The highest BCUT2D eigenvalue weighted by molar-refractivity contribution is 7.12. The fourth-order valence-electron chi connectivity index (χ4n) is 2.80. The molecule has 1 aromatic heterocycles. The number of thiophene rings is 1. The quantitative estimate of drug-likeness (QED) is 0.655. The van der Waals surface area contributed by atoms with Gasteiger partial charge in [-0.1, -0.05) is 30.7 Å². The first-order valence-electron chi connectivity index (χ1n) is 6.91. The molecule has 3 N–H and O–H groups in total. The number of hydrogen-bond acceptors (Lipinski definition) is 3. The van der Waals surface area contributed by atoms with Crippen LogP contribution in [0.1, 0.15) is 52.1 Å². The second-order valence-electron chi connectivity index (χ2n) is 5.30. The third-order valence-corrected chi connectivity index (χ3v) is 5.13. The van der Waals surface area contributed by atoms with Gasteiger partial charge in [-0.15, -0.1) is 11.3 Å². The predicted octanol–water partition coefficient (Wildman–Crippen LogP) is 3.88. The summed E-state index contributed by atoms with van der Waals surface area (Å²) in [6, 6.07) is 13.2. The van der Waals surface area contributed by atoms with E-state index in [9.17, 15) is 0 Å². The smallest absolute Gasteiger partial charge is 0.0805 e. The van der Waals surface area contributed by atoms with Gasteiger partial charge in [-0.2, -0.15) is 0 Å². The van der Waals surface area contributed by atoms with Gasteiger partial charge in [0, 0.05) is 9.75 Å². The molecule has 3 rings (SSSR count). The number of hydrogen-bond donors (Lipinski definition) is 2. The Balaban J connectivity index is 1.99. The molecule has 100 valence electrons. The number of benzene rings is 1. The number of hydrazine groups is 1. The molecule has 0 spiro atoms. The molecule has 1 unspecified atom stereocenters. The summed E-state index contributed by atoms with van der Waals surface area (Å²) in [6.07, 6.45) is 3.99. The second kappa shape index (κ2) is 5.45. The monoisotopic (exact) mass is 272 g/mol. The van der Waals surface area contributed by atoms with Gasteiger partial charge in [-0.3, -0.25) is 5.84 Å². The molecule has 0 amide bonds. The first-order chi connectivity index (χ1) is 9.29. The van der Waals surface area contributed by atoms with Crippen LogP contribution in [0.4, 0.5) is 0 Å². The lowest BCUT2D eigenvalue weighted by Gasteiger charge is -2.30. The van der Waals surface area contributed by atoms with Crippen molar-refractivity contribution in [3.63, 3.8) is 0 Å². The SMILES string of the molecule is Cc1ccc(C(NN)c2ccccc2C2CCC2)s1. The molecule has 1 aliphatic carbocycles. The Kier molecular flexibility index (Phi) is 3.69. The minimum Gasteiger partial charge on any atom is -0.271 e. The molecule has 1 aromatic carbocycles. The highest BCUT2D eigenvalue weighted by Crippen LogP contribution is 2.41. The summed E-state index contributed by atoms with van der Waals surface area (Å²) in [6.45, 7) is 2.14. The van der Waals surface area contributed by atoms with E-state index in [1.807, 2.05) is 11.3 Å². The van der Waals surface area contributed by atoms with Crippen LogP contribution in [-0.4, -0.2) is 0 Å². The summed E-state index contributed by atoms with van der Waals surface area (Å²) in [7, 11) is 0. The molecule has 2 nitrogen and oxygen atoms in total. The average molecular weight is 272 g/mol. The van der Waals surface area contributed by atoms with Crippen molar-refractivity contribution in [3.8, 4) is 0 Å². The second-order valence-corrected chi connectivity index (χ2v) is 6.62. The molecule has 1 heterocycles. The van der Waals surface area contributed by atoms with Crippen LogP contribution >= 0.6 is 11.3 Å². The van der Waals surface area contributed by atoms with Crippen LogP contribution in [0.5, 0.6) is 0 Å². The van der Waals surface area contributed by atoms with Gasteiger partial charge in [0.2, 0.25) is 0 Å². The van der Waals surface area contributed by atoms with Gasteiger partial charge >= 0.3 is 0 Å². The maximum absolute atomic E-state index is 5.83. The van der Waals surface area contributed by atoms with E-state index in [4.69, 9.17) is 5.84 Å². The van der Waals surface area contributed by atoms with Crippen LogP contribution in [0.3, 0.4) is 0 Å². The molecular formula is C16H20N2S. The fraction of sp³-hybridized carbons (Fsp3) is 0.375. The molecular weight excluding hydrogens is 252 g/mol. The zero-order valence-electron chi connectivity index (χ0n) is 11.2. The zero-order chi connectivity index (χ0) is 13.2. The minimum atomic E-state index is 0.121. The van der Waals surface area contributed by atoms with E-state index >= 15 is 0 Å². The lowest BCUT2D eigenvalue weighted by molar-refractivity contribution is 0.414. The predicted molar refractivity (Wildman–Crippen MR) is 81.3 cm³/mol. The van der Waals surface area contributed by atoms with E-state index in [2.05, 4.69) is 48.7 Å². The van der Waals surface area contributed by atoms with Crippen molar-refractivity contribution in [1.82, 2.24) is 5.43 Å². The molecule has 19 heavy (non-hydrogen) atoms. The molecule has 0 radical (unpaired) electrons. The van der Waals surface area contributed by atoms with Crippen molar-refractivity contribution in [2.24, 2.45) is 5.84 Å². The number of rotatable bonds is 4. The molecule has 1 aliphatic rings. The number of nitrogens with one attached hydrogen (secondary N) is 1. The van der Waals surface area contributed by atoms with E-state index in [0.29, 0.717) is 0 Å². The largest absolute Gasteiger partial charge is 0.271 e. The van der Waals surface area contributed by atoms with Crippen LogP contribution in [0.2, 0.25) is 0 Å². The van der Waals surface area contributed by atoms with Crippen molar-refractivity contribution in [1.29, 1.82) is 0 Å². The lowest BCUT2D eigenvalue weighted by atomic mass is 9.77. The first kappa shape index (κ1) is 12.9. The Morgan fingerprint density at radius 3 is 2.58 bits per heavy atom. The Morgan fingerprint density at radius 1 is 1.21 bits per heavy atom. The zero-order valence-corrected chi connectivity index (χ0v) is 12.0. The van der Waals surface area contributed by atoms with Crippen molar-refractivity contribution in [2.45, 2.75) is 38.1 Å². The van der Waals surface area contributed by atoms with E-state index in [0.717, 1.165) is 5.92 Å². The Hall–Kier alpha value is -1.16. The average Bonchev–Trinajstić information content (AvgIpc) is 2.77. The maximum Gasteiger partial charge on any atom is 0.0805 e. The highest BCUT2D eigenvalue weighted by atomic mass is 32.1. The van der Waals surface area contributed by atoms with Gasteiger partial charge in [-0.25, -0.2) is 5.43 Å². The fourth-order valence-corrected chi connectivity index (χ4v) is 3.76. The molecule has 3 heteroatoms. The summed E-state index contributed by atoms with van der Waals surface area (Å²) < 4.78 is 0. The van der Waals surface area contributed by atoms with Crippen LogP contribution in [0.25, 0.3) is 0 Å². The summed E-state index contributed by atoms with van der Waals surface area (Å²) in [5.41, 5.74) is 5.82. The Morgan fingerprint density at radius 2 is 2.00 bits per heavy atom. The molecule has 0 aliphatic heterocycles. The van der Waals surface area contributed by atoms with Gasteiger partial charge in [-0.05, 0) is 48.9 Å². The minimum absolute atomic E-state index is 0.121. The van der Waals surface area contributed by atoms with E-state index in [1.165, 1.54) is 40.1 Å². The topological polar surface area (TPSA) is 38.0 Å². The van der Waals surface area contributed by atoms with Crippen LogP contribution < -0.4 is 11.3 Å². The number of aryl methyl sites for hydroxylation is 1. The molecule has 0 bridgehead atoms. The van der Waals surface area contributed by atoms with Gasteiger partial charge in [0.05, 0.1) is 6.04 Å². The third-order valence-electron chi connectivity index (χ3n) is 4.06. The van der Waals surface area contributed by atoms with Crippen LogP contribution in [0, 0.1) is 6.92 Å². The Labute approximate surface area is 118 Å². The van der Waals surface area contributed by atoms with Gasteiger partial charge in [0.1, 0.15) is 0 Å². The molecule has 0 saturated heterocycles. The van der Waals surface area contributed by atoms with E-state index in [-0.39, 0.29) is 6.04 Å². The van der Waals surface area contributed by atoms with E-state index < -0.39 is 0 Å². The molecule has 1 saturated carbocycles.